The van der Waals surface area contributed by atoms with Crippen molar-refractivity contribution in [3.05, 3.63) is 0 Å². The molecular formula is C8H15F3N2O4S. The highest BCUT2D eigenvalue weighted by molar-refractivity contribution is 7.88. The first kappa shape index (κ1) is 17.1. The van der Waals surface area contributed by atoms with E-state index < -0.39 is 22.2 Å². The van der Waals surface area contributed by atoms with E-state index in [4.69, 9.17) is 9.90 Å². The summed E-state index contributed by atoms with van der Waals surface area (Å²) in [5.74, 6) is -2.36. The fourth-order valence-electron chi connectivity index (χ4n) is 1.24. The number of rotatable bonds is 2. The van der Waals surface area contributed by atoms with Crippen LogP contribution < -0.4 is 10.0 Å². The van der Waals surface area contributed by atoms with Gasteiger partial charge >= 0.3 is 12.1 Å². The molecule has 1 fully saturated rings. The highest BCUT2D eigenvalue weighted by Gasteiger charge is 2.38. The molecule has 18 heavy (non-hydrogen) atoms. The molecule has 0 aliphatic carbocycles. The van der Waals surface area contributed by atoms with E-state index in [0.29, 0.717) is 5.92 Å². The summed E-state index contributed by atoms with van der Waals surface area (Å²) >= 11 is 0. The zero-order valence-corrected chi connectivity index (χ0v) is 10.6. The summed E-state index contributed by atoms with van der Waals surface area (Å²) in [5.41, 5.74) is 0. The molecule has 0 bridgehead atoms. The Hall–Kier alpha value is -0.870. The van der Waals surface area contributed by atoms with E-state index in [2.05, 4.69) is 10.0 Å². The first-order valence-corrected chi connectivity index (χ1v) is 6.80. The Morgan fingerprint density at radius 2 is 1.83 bits per heavy atom. The molecule has 0 amide bonds. The van der Waals surface area contributed by atoms with Crippen LogP contribution in [0.3, 0.4) is 0 Å². The van der Waals surface area contributed by atoms with Gasteiger partial charge in [-0.2, -0.15) is 13.2 Å². The van der Waals surface area contributed by atoms with E-state index in [1.807, 2.05) is 6.92 Å². The first-order chi connectivity index (χ1) is 7.93. The van der Waals surface area contributed by atoms with Crippen LogP contribution in [0.2, 0.25) is 0 Å². The monoisotopic (exact) mass is 292 g/mol. The Morgan fingerprint density at radius 1 is 1.39 bits per heavy atom. The predicted molar refractivity (Wildman–Crippen MR) is 57.5 cm³/mol. The maximum atomic E-state index is 10.8. The molecule has 0 aromatic rings. The number of alkyl halides is 3. The van der Waals surface area contributed by atoms with Crippen molar-refractivity contribution in [2.45, 2.75) is 19.1 Å². The van der Waals surface area contributed by atoms with Crippen LogP contribution in [-0.4, -0.2) is 51.1 Å². The van der Waals surface area contributed by atoms with Gasteiger partial charge in [0, 0.05) is 12.6 Å². The summed E-state index contributed by atoms with van der Waals surface area (Å²) in [5, 5.41) is 10.2. The van der Waals surface area contributed by atoms with Crippen molar-refractivity contribution in [1.82, 2.24) is 10.0 Å². The molecule has 0 spiro atoms. The van der Waals surface area contributed by atoms with Crippen LogP contribution in [-0.2, 0) is 14.8 Å². The third kappa shape index (κ3) is 7.45. The van der Waals surface area contributed by atoms with Crippen LogP contribution in [0, 0.1) is 5.92 Å². The van der Waals surface area contributed by atoms with E-state index >= 15 is 0 Å². The van der Waals surface area contributed by atoms with Crippen molar-refractivity contribution in [1.29, 1.82) is 0 Å². The van der Waals surface area contributed by atoms with Crippen molar-refractivity contribution in [3.8, 4) is 0 Å². The van der Waals surface area contributed by atoms with Gasteiger partial charge in [0.05, 0.1) is 6.26 Å². The average molecular weight is 292 g/mol. The number of nitrogens with one attached hydrogen (secondary N) is 2. The first-order valence-electron chi connectivity index (χ1n) is 4.91. The van der Waals surface area contributed by atoms with Gasteiger partial charge in [-0.3, -0.25) is 0 Å². The maximum Gasteiger partial charge on any atom is 0.490 e. The van der Waals surface area contributed by atoms with Gasteiger partial charge in [0.15, 0.2) is 0 Å². The normalized spacial score (nSPS) is 24.3. The lowest BCUT2D eigenvalue weighted by Gasteiger charge is -2.13. The number of hydrogen-bond acceptors (Lipinski definition) is 4. The molecule has 6 nitrogen and oxygen atoms in total. The van der Waals surface area contributed by atoms with Crippen LogP contribution in [0.4, 0.5) is 13.2 Å². The van der Waals surface area contributed by atoms with E-state index in [1.165, 1.54) is 6.26 Å². The van der Waals surface area contributed by atoms with Crippen LogP contribution in [0.5, 0.6) is 0 Å². The quantitative estimate of drug-likeness (QED) is 0.654. The van der Waals surface area contributed by atoms with Gasteiger partial charge in [-0.1, -0.05) is 6.92 Å². The molecule has 1 aliphatic heterocycles. The zero-order valence-electron chi connectivity index (χ0n) is 9.78. The highest BCUT2D eigenvalue weighted by atomic mass is 32.2. The predicted octanol–water partition coefficient (Wildman–Crippen LogP) is -0.223. The Morgan fingerprint density at radius 3 is 2.06 bits per heavy atom. The Bertz CT molecular complexity index is 382. The number of carbonyl (C=O) groups is 1. The SMILES string of the molecule is C[C@@H]1CNC[C@H]1NS(C)(=O)=O.O=C(O)C(F)(F)F. The molecule has 3 N–H and O–H groups in total. The molecule has 10 heteroatoms. The minimum absolute atomic E-state index is 0.0741. The van der Waals surface area contributed by atoms with Crippen LogP contribution >= 0.6 is 0 Å². The number of carboxylic acids is 1. The molecule has 108 valence electrons. The van der Waals surface area contributed by atoms with Crippen molar-refractivity contribution in [2.75, 3.05) is 19.3 Å². The third-order valence-corrected chi connectivity index (χ3v) is 2.86. The van der Waals surface area contributed by atoms with Crippen molar-refractivity contribution >= 4 is 16.0 Å². The van der Waals surface area contributed by atoms with Crippen LogP contribution in [0.15, 0.2) is 0 Å². The molecule has 0 aromatic carbocycles. The molecule has 1 heterocycles. The van der Waals surface area contributed by atoms with Crippen molar-refractivity contribution in [2.24, 2.45) is 5.92 Å². The zero-order chi connectivity index (χ0) is 14.6. The van der Waals surface area contributed by atoms with E-state index in [9.17, 15) is 21.6 Å². The standard InChI is InChI=1S/C6H14N2O2S.C2HF3O2/c1-5-3-7-4-6(5)8-11(2,9)10;3-2(4,5)1(6)7/h5-8H,3-4H2,1-2H3;(H,6,7)/t5-,6-;/m1./s1. The fraction of sp³-hybridized carbons (Fsp3) is 0.875. The Balaban J connectivity index is 0.000000360. The highest BCUT2D eigenvalue weighted by Crippen LogP contribution is 2.13. The van der Waals surface area contributed by atoms with Crippen molar-refractivity contribution < 1.29 is 31.5 Å². The molecule has 0 radical (unpaired) electrons. The minimum Gasteiger partial charge on any atom is -0.475 e. The summed E-state index contributed by atoms with van der Waals surface area (Å²) in [4.78, 5) is 8.90. The largest absolute Gasteiger partial charge is 0.490 e. The summed E-state index contributed by atoms with van der Waals surface area (Å²) in [6, 6.07) is 0.0741. The van der Waals surface area contributed by atoms with Gasteiger partial charge < -0.3 is 10.4 Å². The number of carboxylic acid groups (broad SMARTS) is 1. The molecule has 1 aliphatic rings. The molecule has 1 rings (SSSR count). The molecule has 0 saturated carbocycles. The second-order valence-corrected chi connectivity index (χ2v) is 5.71. The smallest absolute Gasteiger partial charge is 0.475 e. The lowest BCUT2D eigenvalue weighted by atomic mass is 10.1. The molecule has 0 aromatic heterocycles. The lowest BCUT2D eigenvalue weighted by molar-refractivity contribution is -0.192. The molecule has 1 saturated heterocycles. The minimum atomic E-state index is -5.08. The summed E-state index contributed by atoms with van der Waals surface area (Å²) in [6.07, 6.45) is -3.89. The lowest BCUT2D eigenvalue weighted by Crippen LogP contribution is -2.38. The topological polar surface area (TPSA) is 95.5 Å². The van der Waals surface area contributed by atoms with E-state index in [1.54, 1.807) is 0 Å². The van der Waals surface area contributed by atoms with Gasteiger partial charge in [0.2, 0.25) is 10.0 Å². The molecule has 2 atom stereocenters. The van der Waals surface area contributed by atoms with Gasteiger partial charge in [-0.05, 0) is 12.5 Å². The van der Waals surface area contributed by atoms with E-state index in [-0.39, 0.29) is 6.04 Å². The van der Waals surface area contributed by atoms with Crippen LogP contribution in [0.1, 0.15) is 6.92 Å². The van der Waals surface area contributed by atoms with Gasteiger partial charge in [-0.15, -0.1) is 0 Å². The second kappa shape index (κ2) is 6.34. The second-order valence-electron chi connectivity index (χ2n) is 3.93. The number of halogens is 3. The average Bonchev–Trinajstić information content (AvgIpc) is 2.48. The maximum absolute atomic E-state index is 10.8. The van der Waals surface area contributed by atoms with Gasteiger partial charge in [-0.25, -0.2) is 17.9 Å². The molecular weight excluding hydrogens is 277 g/mol. The Labute approximate surface area is 103 Å². The fourth-order valence-corrected chi connectivity index (χ4v) is 2.11. The van der Waals surface area contributed by atoms with Crippen LogP contribution in [0.25, 0.3) is 0 Å². The summed E-state index contributed by atoms with van der Waals surface area (Å²) in [7, 11) is -3.03. The van der Waals surface area contributed by atoms with E-state index in [0.717, 1.165) is 13.1 Å². The number of sulfonamides is 1. The summed E-state index contributed by atoms with van der Waals surface area (Å²) < 4.78 is 55.9. The molecule has 0 unspecified atom stereocenters. The van der Waals surface area contributed by atoms with Crippen molar-refractivity contribution in [3.63, 3.8) is 0 Å². The van der Waals surface area contributed by atoms with Gasteiger partial charge in [0.25, 0.3) is 0 Å². The number of hydrogen-bond donors (Lipinski definition) is 3. The summed E-state index contributed by atoms with van der Waals surface area (Å²) in [6.45, 7) is 3.67. The Kier molecular flexibility index (Phi) is 6.04. The third-order valence-electron chi connectivity index (χ3n) is 2.13. The number of aliphatic carboxylic acids is 1. The van der Waals surface area contributed by atoms with Gasteiger partial charge in [0.1, 0.15) is 0 Å².